The topological polar surface area (TPSA) is 0 Å². The van der Waals surface area contributed by atoms with Crippen LogP contribution in [0.1, 0.15) is 140 Å². The van der Waals surface area contributed by atoms with Crippen LogP contribution < -0.4 is 31.8 Å². The maximum absolute atomic E-state index is 4.57. The molecule has 0 bridgehead atoms. The van der Waals surface area contributed by atoms with Gasteiger partial charge in [0.15, 0.2) is 0 Å². The molecular formula is C68H81ClP4Ru. The second-order valence-corrected chi connectivity index (χ2v) is 31.0. The Balaban J connectivity index is 0.000000155. The van der Waals surface area contributed by atoms with Crippen molar-refractivity contribution in [3.63, 3.8) is 0 Å². The third-order valence-corrected chi connectivity index (χ3v) is 28.1. The van der Waals surface area contributed by atoms with Crippen molar-refractivity contribution in [3.8, 4) is 0 Å². The van der Waals surface area contributed by atoms with E-state index >= 15 is 0 Å². The van der Waals surface area contributed by atoms with Crippen LogP contribution in [-0.4, -0.2) is 22.6 Å². The number of halogens is 1. The molecular weight excluding hydrogens is 1080 g/mol. The van der Waals surface area contributed by atoms with Crippen LogP contribution >= 0.6 is 41.4 Å². The molecule has 0 N–H and O–H groups in total. The largest absolute Gasteiger partial charge is 0.183 e. The van der Waals surface area contributed by atoms with E-state index in [0.717, 1.165) is 22.6 Å². The Bertz CT molecular complexity index is 2130. The molecule has 0 atom stereocenters. The third-order valence-electron chi connectivity index (χ3n) is 15.9. The Morgan fingerprint density at radius 3 is 0.716 bits per heavy atom. The van der Waals surface area contributed by atoms with Crippen molar-refractivity contribution in [2.75, 3.05) is 0 Å². The summed E-state index contributed by atoms with van der Waals surface area (Å²) in [5.74, 6) is 0. The molecule has 4 fully saturated rings. The maximum Gasteiger partial charge on any atom is -0.0134 e. The molecule has 388 valence electrons. The van der Waals surface area contributed by atoms with Crippen LogP contribution in [0.3, 0.4) is 0 Å². The van der Waals surface area contributed by atoms with Crippen molar-refractivity contribution in [2.45, 2.75) is 163 Å². The van der Waals surface area contributed by atoms with Crippen molar-refractivity contribution in [2.24, 2.45) is 0 Å². The smallest absolute Gasteiger partial charge is 0.0134 e. The molecule has 0 spiro atoms. The monoisotopic (exact) mass is 1160 g/mol. The average Bonchev–Trinajstić information content (AvgIpc) is 3.50. The first kappa shape index (κ1) is 57.4. The normalized spacial score (nSPS) is 16.9. The predicted molar refractivity (Wildman–Crippen MR) is 330 cm³/mol. The zero-order chi connectivity index (χ0) is 50.8. The van der Waals surface area contributed by atoms with E-state index in [2.05, 4.69) is 216 Å². The van der Waals surface area contributed by atoms with Crippen LogP contribution in [0, 0.1) is 6.07 Å². The summed E-state index contributed by atoms with van der Waals surface area (Å²) >= 11 is 1.82. The zero-order valence-corrected chi connectivity index (χ0v) is 50.0. The van der Waals surface area contributed by atoms with Crippen molar-refractivity contribution in [3.05, 3.63) is 217 Å². The molecule has 0 aliphatic heterocycles. The van der Waals surface area contributed by atoms with Gasteiger partial charge in [-0.3, -0.25) is 0 Å². The Morgan fingerprint density at radius 2 is 0.514 bits per heavy atom. The van der Waals surface area contributed by atoms with E-state index in [1.807, 2.05) is 17.3 Å². The van der Waals surface area contributed by atoms with Gasteiger partial charge in [-0.2, -0.15) is 35.4 Å². The van der Waals surface area contributed by atoms with Crippen molar-refractivity contribution >= 4 is 73.2 Å². The van der Waals surface area contributed by atoms with Gasteiger partial charge in [0.1, 0.15) is 0 Å². The van der Waals surface area contributed by atoms with Crippen LogP contribution in [-0.2, 0) is 29.6 Å². The summed E-state index contributed by atoms with van der Waals surface area (Å²) in [5.41, 5.74) is 7.60. The zero-order valence-electron chi connectivity index (χ0n) is 43.9. The SMILES string of the molecule is [Cl][Ru+].[c-]1cc(CP(C2CCCCC2)C2CCCCC2)cc(CP(C2CCCCC2)C2CCCCC2)c1.c1ccc(P(c2ccccc2)c2ccccc2)cc1.c1ccc(P(c2ccccc2)c2ccccc2)cc1. The van der Waals surface area contributed by atoms with Crippen molar-refractivity contribution in [1.82, 2.24) is 0 Å². The van der Waals surface area contributed by atoms with Gasteiger partial charge in [0.2, 0.25) is 0 Å². The molecule has 0 saturated heterocycles. The van der Waals surface area contributed by atoms with Gasteiger partial charge in [-0.15, -0.1) is 15.8 Å². The second kappa shape index (κ2) is 32.8. The molecule has 6 heteroatoms. The molecule has 0 heterocycles. The van der Waals surface area contributed by atoms with Gasteiger partial charge in [0.25, 0.3) is 0 Å². The standard InChI is InChI=1S/C32H51P2.2C18H15P.ClH.Ru/c1-5-16-29(17-6-1)33(30-18-7-2-8-19-30)25-27-14-13-15-28(24-27)26-34(31-20-9-3-10-21-31)32-22-11-4-12-23-32;2*1-4-10-16(11-5-1)19(17-12-6-2-7-13-17)18-14-8-3-9-15-18;;/h14-15,24,29-32H,1-12,16-23,25-26H2;2*1-15H;1H;/q-1;;;;+2/p-1. The molecule has 0 aromatic heterocycles. The van der Waals surface area contributed by atoms with E-state index in [4.69, 9.17) is 0 Å². The molecule has 4 aliphatic rings. The number of rotatable bonds is 14. The molecule has 0 radical (unpaired) electrons. The van der Waals surface area contributed by atoms with E-state index in [-0.39, 0.29) is 15.8 Å². The first-order valence-electron chi connectivity index (χ1n) is 28.3. The summed E-state index contributed by atoms with van der Waals surface area (Å²) < 4.78 is 0. The van der Waals surface area contributed by atoms with Crippen molar-refractivity contribution < 1.29 is 17.3 Å². The second-order valence-electron chi connectivity index (χ2n) is 20.9. The molecule has 0 amide bonds. The third kappa shape index (κ3) is 17.6. The number of hydrogen-bond acceptors (Lipinski definition) is 0. The predicted octanol–water partition coefficient (Wildman–Crippen LogP) is 18.4. The molecule has 4 saturated carbocycles. The Kier molecular flexibility index (Phi) is 25.4. The Hall–Kier alpha value is -2.83. The van der Waals surface area contributed by atoms with Crippen LogP contribution in [0.25, 0.3) is 0 Å². The summed E-state index contributed by atoms with van der Waals surface area (Å²) in [6, 6.07) is 75.8. The molecule has 4 aliphatic carbocycles. The fraction of sp³-hybridized carbons (Fsp3) is 0.382. The van der Waals surface area contributed by atoms with Gasteiger partial charge >= 0.3 is 27.0 Å². The van der Waals surface area contributed by atoms with Crippen molar-refractivity contribution in [1.29, 1.82) is 0 Å². The van der Waals surface area contributed by atoms with Gasteiger partial charge < -0.3 is 0 Å². The molecule has 7 aromatic carbocycles. The minimum atomic E-state index is -0.446. The van der Waals surface area contributed by atoms with Crippen LogP contribution in [0.4, 0.5) is 0 Å². The van der Waals surface area contributed by atoms with E-state index in [0.29, 0.717) is 0 Å². The number of hydrogen-bond donors (Lipinski definition) is 0. The van der Waals surface area contributed by atoms with E-state index in [1.54, 1.807) is 62.5 Å². The minimum Gasteiger partial charge on any atom is -0.183 e. The minimum absolute atomic E-state index is 0.155. The van der Waals surface area contributed by atoms with Gasteiger partial charge in [0, 0.05) is 0 Å². The summed E-state index contributed by atoms with van der Waals surface area (Å²) in [4.78, 5) is 0. The Labute approximate surface area is 467 Å². The molecule has 7 aromatic rings. The van der Waals surface area contributed by atoms with Gasteiger partial charge in [-0.05, 0) is 122 Å². The van der Waals surface area contributed by atoms with Crippen LogP contribution in [0.15, 0.2) is 200 Å². The molecule has 0 unspecified atom stereocenters. The van der Waals surface area contributed by atoms with Crippen LogP contribution in [0.5, 0.6) is 0 Å². The summed E-state index contributed by atoms with van der Waals surface area (Å²) in [7, 11) is 3.99. The first-order valence-corrected chi connectivity index (χ1v) is 36.6. The molecule has 74 heavy (non-hydrogen) atoms. The van der Waals surface area contributed by atoms with E-state index < -0.39 is 15.8 Å². The quantitative estimate of drug-likeness (QED) is 0.0578. The van der Waals surface area contributed by atoms with E-state index in [1.165, 1.54) is 121 Å². The van der Waals surface area contributed by atoms with Gasteiger partial charge in [0.05, 0.1) is 0 Å². The fourth-order valence-electron chi connectivity index (χ4n) is 12.3. The summed E-state index contributed by atoms with van der Waals surface area (Å²) in [5, 5.41) is 8.39. The number of benzene rings is 7. The first-order chi connectivity index (χ1) is 36.8. The maximum atomic E-state index is 4.57. The van der Waals surface area contributed by atoms with Gasteiger partial charge in [-0.1, -0.05) is 271 Å². The average molecular weight is 1160 g/mol. The summed E-state index contributed by atoms with van der Waals surface area (Å²) in [6.45, 7) is 0. The van der Waals surface area contributed by atoms with Crippen LogP contribution in [0.2, 0.25) is 0 Å². The molecule has 0 nitrogen and oxygen atoms in total. The van der Waals surface area contributed by atoms with Gasteiger partial charge in [-0.25, -0.2) is 0 Å². The summed E-state index contributed by atoms with van der Waals surface area (Å²) in [6.07, 6.45) is 33.2. The molecule has 11 rings (SSSR count). The Morgan fingerprint density at radius 1 is 0.311 bits per heavy atom. The van der Waals surface area contributed by atoms with E-state index in [9.17, 15) is 0 Å². The fourth-order valence-corrected chi connectivity index (χ4v) is 24.5.